The minimum absolute atomic E-state index is 0.991. The third-order valence-corrected chi connectivity index (χ3v) is 5.89. The maximum absolute atomic E-state index is 13.1. The molecule has 0 saturated carbocycles. The molecule has 22 heavy (non-hydrogen) atoms. The summed E-state index contributed by atoms with van der Waals surface area (Å²) < 4.78 is 13.1. The van der Waals surface area contributed by atoms with Crippen molar-refractivity contribution in [3.63, 3.8) is 0 Å². The van der Waals surface area contributed by atoms with Crippen molar-refractivity contribution in [1.82, 2.24) is 0 Å². The molecule has 0 aliphatic heterocycles. The lowest BCUT2D eigenvalue weighted by molar-refractivity contribution is 0.598. The molecule has 118 valence electrons. The Bertz CT molecular complexity index is 571. The van der Waals surface area contributed by atoms with Gasteiger partial charge in [0.05, 0.1) is 0 Å². The van der Waals surface area contributed by atoms with Gasteiger partial charge in [-0.05, 0) is 72.2 Å². The Balaban J connectivity index is 2.47. The Morgan fingerprint density at radius 1 is 0.591 bits per heavy atom. The molecule has 2 aromatic carbocycles. The van der Waals surface area contributed by atoms with E-state index in [1.54, 1.807) is 0 Å². The maximum atomic E-state index is 13.1. The Morgan fingerprint density at radius 3 is 1.09 bits per heavy atom. The van der Waals surface area contributed by atoms with Crippen LogP contribution >= 0.6 is 7.80 Å². The van der Waals surface area contributed by atoms with Crippen molar-refractivity contribution in [1.29, 1.82) is 0 Å². The van der Waals surface area contributed by atoms with Gasteiger partial charge in [0.1, 0.15) is 7.80 Å². The van der Waals surface area contributed by atoms with E-state index in [0.29, 0.717) is 0 Å². The normalized spacial score (nSPS) is 11.1. The number of benzene rings is 2. The first-order valence-corrected chi connectivity index (χ1v) is 9.82. The predicted octanol–water partition coefficient (Wildman–Crippen LogP) is 4.45. The SMILES string of the molecule is CCc1cc(CC)cc([PH](=O)c2cc(CC)cc(CC)c2)c1. The smallest absolute Gasteiger partial charge is 0.131 e. The van der Waals surface area contributed by atoms with Crippen LogP contribution in [-0.2, 0) is 30.2 Å². The zero-order valence-electron chi connectivity index (χ0n) is 14.2. The predicted molar refractivity (Wildman–Crippen MR) is 98.7 cm³/mol. The Morgan fingerprint density at radius 2 is 0.864 bits per heavy atom. The fourth-order valence-electron chi connectivity index (χ4n) is 2.77. The molecule has 0 fully saturated rings. The first kappa shape index (κ1) is 17.0. The van der Waals surface area contributed by atoms with Crippen LogP contribution in [0.4, 0.5) is 0 Å². The van der Waals surface area contributed by atoms with Crippen LogP contribution in [0.3, 0.4) is 0 Å². The van der Waals surface area contributed by atoms with Gasteiger partial charge in [0.25, 0.3) is 0 Å². The molecule has 2 rings (SSSR count). The van der Waals surface area contributed by atoms with Gasteiger partial charge in [-0.3, -0.25) is 0 Å². The third-order valence-electron chi connectivity index (χ3n) is 4.26. The monoisotopic (exact) mass is 314 g/mol. The van der Waals surface area contributed by atoms with Gasteiger partial charge >= 0.3 is 0 Å². The zero-order valence-corrected chi connectivity index (χ0v) is 15.2. The molecule has 0 saturated heterocycles. The number of aryl methyl sites for hydroxylation is 4. The molecule has 1 nitrogen and oxygen atoms in total. The van der Waals surface area contributed by atoms with Gasteiger partial charge < -0.3 is 4.57 Å². The molecular weight excluding hydrogens is 287 g/mol. The summed E-state index contributed by atoms with van der Waals surface area (Å²) in [6.07, 6.45) is 3.97. The van der Waals surface area contributed by atoms with E-state index in [4.69, 9.17) is 0 Å². The molecule has 0 aromatic heterocycles. The van der Waals surface area contributed by atoms with E-state index in [1.807, 2.05) is 0 Å². The second-order valence-electron chi connectivity index (χ2n) is 5.82. The summed E-state index contributed by atoms with van der Waals surface area (Å²) in [5, 5.41) is 2.02. The van der Waals surface area contributed by atoms with Crippen molar-refractivity contribution in [3.05, 3.63) is 58.7 Å². The molecule has 0 aliphatic carbocycles. The van der Waals surface area contributed by atoms with Gasteiger partial charge in [0.15, 0.2) is 0 Å². The third kappa shape index (κ3) is 3.90. The first-order valence-electron chi connectivity index (χ1n) is 8.41. The van der Waals surface area contributed by atoms with Gasteiger partial charge in [-0.25, -0.2) is 0 Å². The Hall–Kier alpha value is -1.33. The standard InChI is InChI=1S/C20H27OP/c1-5-15-9-16(6-2)12-19(11-15)22(21)20-13-17(7-3)10-18(8-4)14-20/h9-14,22H,5-8H2,1-4H3. The molecule has 2 aromatic rings. The fraction of sp³-hybridized carbons (Fsp3) is 0.400. The highest BCUT2D eigenvalue weighted by Crippen LogP contribution is 2.23. The highest BCUT2D eigenvalue weighted by atomic mass is 31.1. The number of hydrogen-bond donors (Lipinski definition) is 0. The molecule has 0 amide bonds. The summed E-state index contributed by atoms with van der Waals surface area (Å²) in [7, 11) is -1.92. The summed E-state index contributed by atoms with van der Waals surface area (Å²) in [6, 6.07) is 13.0. The van der Waals surface area contributed by atoms with Crippen LogP contribution in [0.25, 0.3) is 0 Å². The van der Waals surface area contributed by atoms with Crippen LogP contribution in [-0.4, -0.2) is 0 Å². The summed E-state index contributed by atoms with van der Waals surface area (Å²) >= 11 is 0. The summed E-state index contributed by atoms with van der Waals surface area (Å²) in [5.74, 6) is 0. The topological polar surface area (TPSA) is 17.1 Å². The molecular formula is C20H27OP. The largest absolute Gasteiger partial charge is 0.317 e. The zero-order chi connectivity index (χ0) is 16.1. The minimum atomic E-state index is -1.92. The highest BCUT2D eigenvalue weighted by molar-refractivity contribution is 7.61. The minimum Gasteiger partial charge on any atom is -0.317 e. The molecule has 0 spiro atoms. The lowest BCUT2D eigenvalue weighted by atomic mass is 10.1. The Kier molecular flexibility index (Phi) is 6.03. The first-order chi connectivity index (χ1) is 10.6. The van der Waals surface area contributed by atoms with Crippen LogP contribution < -0.4 is 10.6 Å². The average molecular weight is 314 g/mol. The lowest BCUT2D eigenvalue weighted by Crippen LogP contribution is -2.10. The van der Waals surface area contributed by atoms with Gasteiger partial charge in [0.2, 0.25) is 0 Å². The molecule has 0 unspecified atom stereocenters. The lowest BCUT2D eigenvalue weighted by Gasteiger charge is -2.11. The molecule has 0 aliphatic rings. The molecule has 0 N–H and O–H groups in total. The van der Waals surface area contributed by atoms with Crippen LogP contribution in [0.5, 0.6) is 0 Å². The van der Waals surface area contributed by atoms with Crippen molar-refractivity contribution >= 4 is 18.4 Å². The molecule has 0 atom stereocenters. The van der Waals surface area contributed by atoms with Crippen LogP contribution in [0.2, 0.25) is 0 Å². The molecule has 2 heteroatoms. The average Bonchev–Trinajstić information content (AvgIpc) is 2.59. The Labute approximate surface area is 135 Å². The van der Waals surface area contributed by atoms with Crippen molar-refractivity contribution in [2.45, 2.75) is 53.4 Å². The van der Waals surface area contributed by atoms with E-state index in [9.17, 15) is 4.57 Å². The summed E-state index contributed by atoms with van der Waals surface area (Å²) in [4.78, 5) is 0. The van der Waals surface area contributed by atoms with Crippen molar-refractivity contribution in [3.8, 4) is 0 Å². The van der Waals surface area contributed by atoms with Crippen molar-refractivity contribution in [2.75, 3.05) is 0 Å². The van der Waals surface area contributed by atoms with E-state index in [2.05, 4.69) is 64.1 Å². The van der Waals surface area contributed by atoms with Gasteiger partial charge in [-0.2, -0.15) is 0 Å². The second kappa shape index (κ2) is 7.79. The van der Waals surface area contributed by atoms with Crippen LogP contribution in [0.15, 0.2) is 36.4 Å². The molecule has 0 bridgehead atoms. The fourth-order valence-corrected chi connectivity index (χ4v) is 4.37. The maximum Gasteiger partial charge on any atom is 0.131 e. The van der Waals surface area contributed by atoms with Gasteiger partial charge in [-0.15, -0.1) is 0 Å². The summed E-state index contributed by atoms with van der Waals surface area (Å²) in [5.41, 5.74) is 5.15. The van der Waals surface area contributed by atoms with Crippen molar-refractivity contribution < 1.29 is 4.57 Å². The quantitative estimate of drug-likeness (QED) is 0.720. The van der Waals surface area contributed by atoms with E-state index < -0.39 is 7.80 Å². The molecule has 0 radical (unpaired) electrons. The molecule has 0 heterocycles. The second-order valence-corrected chi connectivity index (χ2v) is 7.63. The van der Waals surface area contributed by atoms with Gasteiger partial charge in [-0.1, -0.05) is 39.8 Å². The van der Waals surface area contributed by atoms with Crippen LogP contribution in [0, 0.1) is 0 Å². The highest BCUT2D eigenvalue weighted by Gasteiger charge is 2.11. The number of hydrogen-bond acceptors (Lipinski definition) is 1. The van der Waals surface area contributed by atoms with Crippen molar-refractivity contribution in [2.24, 2.45) is 0 Å². The summed E-state index contributed by atoms with van der Waals surface area (Å²) in [6.45, 7) is 8.62. The van der Waals surface area contributed by atoms with E-state index in [0.717, 1.165) is 36.3 Å². The van der Waals surface area contributed by atoms with Crippen LogP contribution in [0.1, 0.15) is 49.9 Å². The van der Waals surface area contributed by atoms with E-state index in [1.165, 1.54) is 22.3 Å². The number of rotatable bonds is 6. The van der Waals surface area contributed by atoms with Gasteiger partial charge in [0, 0.05) is 10.6 Å². The van der Waals surface area contributed by atoms with E-state index in [-0.39, 0.29) is 0 Å². The van der Waals surface area contributed by atoms with E-state index >= 15 is 0 Å².